The van der Waals surface area contributed by atoms with Crippen LogP contribution in [0.3, 0.4) is 0 Å². The summed E-state index contributed by atoms with van der Waals surface area (Å²) in [5.74, 6) is -0.198. The molecule has 1 aliphatic heterocycles. The summed E-state index contributed by atoms with van der Waals surface area (Å²) < 4.78 is 4.60. The van der Waals surface area contributed by atoms with Gasteiger partial charge in [0.25, 0.3) is 0 Å². The van der Waals surface area contributed by atoms with Crippen molar-refractivity contribution in [3.8, 4) is 0 Å². The van der Waals surface area contributed by atoms with Crippen LogP contribution in [-0.4, -0.2) is 43.0 Å². The molecule has 0 amide bonds. The highest BCUT2D eigenvalue weighted by atomic mass is 127. The number of alkyl halides is 1. The number of nitrogens with zero attached hydrogens (tertiary/aromatic N) is 1. The number of hydrogen-bond acceptors (Lipinski definition) is 3. The molecule has 0 aliphatic carbocycles. The Hall–Kier alpha value is -0.100. The summed E-state index contributed by atoms with van der Waals surface area (Å²) in [4.78, 5) is 15.1. The lowest BCUT2D eigenvalue weighted by Crippen LogP contribution is -2.28. The van der Waals surface area contributed by atoms with E-state index in [2.05, 4.69) is 32.2 Å². The zero-order valence-corrected chi connectivity index (χ0v) is 10.5. The van der Waals surface area contributed by atoms with Crippen molar-refractivity contribution in [2.45, 2.75) is 6.42 Å². The number of carbonyl (C=O) groups excluding carboxylic acids is 1. The Morgan fingerprint density at radius 3 is 2.69 bits per heavy atom. The number of halogens is 1. The number of likely N-dealkylation sites (N-methyl/N-ethyl adjacent to an activating group) is 1. The smallest absolute Gasteiger partial charge is 0.334 e. The van der Waals surface area contributed by atoms with Gasteiger partial charge >= 0.3 is 5.97 Å². The molecule has 3 nitrogen and oxygen atoms in total. The maximum absolute atomic E-state index is 11.0. The maximum Gasteiger partial charge on any atom is 0.334 e. The highest BCUT2D eigenvalue weighted by Crippen LogP contribution is 2.08. The van der Waals surface area contributed by atoms with Gasteiger partial charge in [0.1, 0.15) is 0 Å². The maximum atomic E-state index is 11.0. The summed E-state index contributed by atoms with van der Waals surface area (Å²) in [5.41, 5.74) is 0.779. The van der Waals surface area contributed by atoms with Gasteiger partial charge in [0.2, 0.25) is 0 Å². The van der Waals surface area contributed by atoms with Crippen molar-refractivity contribution in [3.63, 3.8) is 0 Å². The van der Waals surface area contributed by atoms with Crippen molar-refractivity contribution in [3.05, 3.63) is 11.6 Å². The van der Waals surface area contributed by atoms with Crippen molar-refractivity contribution >= 4 is 28.6 Å². The van der Waals surface area contributed by atoms with Crippen molar-refractivity contribution in [1.29, 1.82) is 0 Å². The molecule has 0 fully saturated rings. The van der Waals surface area contributed by atoms with Crippen molar-refractivity contribution in [1.82, 2.24) is 4.90 Å². The fourth-order valence-corrected chi connectivity index (χ4v) is 1.17. The van der Waals surface area contributed by atoms with Crippen LogP contribution in [0, 0.1) is 0 Å². The Morgan fingerprint density at radius 2 is 2.23 bits per heavy atom. The van der Waals surface area contributed by atoms with E-state index in [1.807, 2.05) is 18.1 Å². The first-order valence-corrected chi connectivity index (χ1v) is 6.23. The quantitative estimate of drug-likeness (QED) is 0.417. The third-order valence-electron chi connectivity index (χ3n) is 1.79. The lowest BCUT2D eigenvalue weighted by molar-refractivity contribution is -0.136. The summed E-state index contributed by atoms with van der Waals surface area (Å²) in [6, 6.07) is 0. The fraction of sp³-hybridized carbons (Fsp3) is 0.667. The summed E-state index contributed by atoms with van der Waals surface area (Å²) in [7, 11) is 3.41. The summed E-state index contributed by atoms with van der Waals surface area (Å²) >= 11 is 2.15. The molecule has 1 heterocycles. The largest absolute Gasteiger partial charge is 0.466 e. The predicted molar refractivity (Wildman–Crippen MR) is 62.2 cm³/mol. The molecule has 13 heavy (non-hydrogen) atoms. The number of carbonyl (C=O) groups is 1. The second-order valence-electron chi connectivity index (χ2n) is 2.75. The Morgan fingerprint density at radius 1 is 1.62 bits per heavy atom. The zero-order chi connectivity index (χ0) is 10.3. The van der Waals surface area contributed by atoms with Crippen LogP contribution in [0.5, 0.6) is 0 Å². The molecule has 0 aromatic heterocycles. The van der Waals surface area contributed by atoms with E-state index >= 15 is 0 Å². The molecule has 0 radical (unpaired) electrons. The van der Waals surface area contributed by atoms with Crippen molar-refractivity contribution < 1.29 is 9.53 Å². The number of ether oxygens (including phenoxy) is 1. The molecule has 0 aromatic carbocycles. The van der Waals surface area contributed by atoms with E-state index in [1.165, 1.54) is 7.11 Å². The van der Waals surface area contributed by atoms with Gasteiger partial charge in [0.15, 0.2) is 0 Å². The molecular weight excluding hydrogens is 281 g/mol. The Kier molecular flexibility index (Phi) is 7.26. The van der Waals surface area contributed by atoms with Gasteiger partial charge in [0, 0.05) is 18.7 Å². The predicted octanol–water partition coefficient (Wildman–Crippen LogP) is 1.47. The van der Waals surface area contributed by atoms with Crippen LogP contribution in [0.15, 0.2) is 11.6 Å². The van der Waals surface area contributed by atoms with E-state index in [4.69, 9.17) is 0 Å². The van der Waals surface area contributed by atoms with E-state index in [1.54, 1.807) is 0 Å². The normalized spacial score (nSPS) is 16.8. The molecule has 0 unspecified atom stereocenters. The summed E-state index contributed by atoms with van der Waals surface area (Å²) in [6.45, 7) is 1.74. The molecule has 0 saturated heterocycles. The van der Waals surface area contributed by atoms with Crippen molar-refractivity contribution in [2.24, 2.45) is 0 Å². The molecule has 0 spiro atoms. The SMILES string of the molecule is CI.COC(=O)C1=CCCN(C)C1. The molecule has 76 valence electrons. The minimum atomic E-state index is -0.198. The van der Waals surface area contributed by atoms with Gasteiger partial charge in [-0.05, 0) is 18.4 Å². The minimum Gasteiger partial charge on any atom is -0.466 e. The molecule has 4 heteroatoms. The van der Waals surface area contributed by atoms with Crippen LogP contribution in [0.2, 0.25) is 0 Å². The summed E-state index contributed by atoms with van der Waals surface area (Å²) in [5, 5.41) is 0. The van der Waals surface area contributed by atoms with Gasteiger partial charge < -0.3 is 9.64 Å². The Labute approximate surface area is 93.3 Å². The molecule has 0 atom stereocenters. The second-order valence-corrected chi connectivity index (χ2v) is 2.75. The lowest BCUT2D eigenvalue weighted by Gasteiger charge is -2.21. The number of esters is 1. The van der Waals surface area contributed by atoms with Crippen LogP contribution in [0.1, 0.15) is 6.42 Å². The fourth-order valence-electron chi connectivity index (χ4n) is 1.17. The van der Waals surface area contributed by atoms with Crippen molar-refractivity contribution in [2.75, 3.05) is 32.2 Å². The standard InChI is InChI=1S/C8H13NO2.CH3I/c1-9-5-3-4-7(6-9)8(10)11-2;1-2/h4H,3,5-6H2,1-2H3;1H3. The zero-order valence-electron chi connectivity index (χ0n) is 8.34. The van der Waals surface area contributed by atoms with E-state index < -0.39 is 0 Å². The van der Waals surface area contributed by atoms with Gasteiger partial charge in [-0.1, -0.05) is 28.7 Å². The molecule has 1 rings (SSSR count). The second kappa shape index (κ2) is 7.32. The minimum absolute atomic E-state index is 0.198. The molecule has 0 saturated carbocycles. The number of methoxy groups -OCH3 is 1. The molecular formula is C9H16INO2. The summed E-state index contributed by atoms with van der Waals surface area (Å²) in [6.07, 6.45) is 2.90. The third kappa shape index (κ3) is 4.61. The van der Waals surface area contributed by atoms with Crippen LogP contribution in [-0.2, 0) is 9.53 Å². The third-order valence-corrected chi connectivity index (χ3v) is 1.79. The first-order valence-electron chi connectivity index (χ1n) is 4.07. The van der Waals surface area contributed by atoms with Gasteiger partial charge in [-0.15, -0.1) is 0 Å². The van der Waals surface area contributed by atoms with E-state index in [0.29, 0.717) is 6.54 Å². The molecule has 1 aliphatic rings. The average molecular weight is 297 g/mol. The van der Waals surface area contributed by atoms with Gasteiger partial charge in [-0.25, -0.2) is 4.79 Å². The monoisotopic (exact) mass is 297 g/mol. The van der Waals surface area contributed by atoms with E-state index in [-0.39, 0.29) is 5.97 Å². The Bertz CT molecular complexity index is 192. The molecule has 0 N–H and O–H groups in total. The van der Waals surface area contributed by atoms with E-state index in [0.717, 1.165) is 18.5 Å². The average Bonchev–Trinajstić information content (AvgIpc) is 2.20. The highest BCUT2D eigenvalue weighted by Gasteiger charge is 2.14. The van der Waals surface area contributed by atoms with Crippen LogP contribution < -0.4 is 0 Å². The Balaban J connectivity index is 0.000000671. The van der Waals surface area contributed by atoms with Crippen LogP contribution in [0.4, 0.5) is 0 Å². The lowest BCUT2D eigenvalue weighted by atomic mass is 10.1. The first-order chi connectivity index (χ1) is 6.24. The van der Waals surface area contributed by atoms with Crippen LogP contribution in [0.25, 0.3) is 0 Å². The first kappa shape index (κ1) is 12.9. The van der Waals surface area contributed by atoms with Crippen LogP contribution >= 0.6 is 22.6 Å². The topological polar surface area (TPSA) is 29.5 Å². The highest BCUT2D eigenvalue weighted by molar-refractivity contribution is 14.1. The van der Waals surface area contributed by atoms with E-state index in [9.17, 15) is 4.79 Å². The molecule has 0 bridgehead atoms. The van der Waals surface area contributed by atoms with Gasteiger partial charge in [-0.3, -0.25) is 0 Å². The van der Waals surface area contributed by atoms with Gasteiger partial charge in [-0.2, -0.15) is 0 Å². The number of hydrogen-bond donors (Lipinski definition) is 0. The molecule has 0 aromatic rings. The number of rotatable bonds is 1. The van der Waals surface area contributed by atoms with Gasteiger partial charge in [0.05, 0.1) is 7.11 Å².